The van der Waals surface area contributed by atoms with Crippen LogP contribution in [0, 0.1) is 5.92 Å². The molecule has 2 heteroatoms. The van der Waals surface area contributed by atoms with Crippen molar-refractivity contribution in [1.29, 1.82) is 0 Å². The Labute approximate surface area is 162 Å². The summed E-state index contributed by atoms with van der Waals surface area (Å²) in [6.45, 7) is 0.891. The number of rotatable bonds is 6. The van der Waals surface area contributed by atoms with Crippen molar-refractivity contribution in [2.75, 3.05) is 7.11 Å². The predicted molar refractivity (Wildman–Crippen MR) is 111 cm³/mol. The maximum atomic E-state index is 5.45. The van der Waals surface area contributed by atoms with E-state index in [1.165, 1.54) is 28.7 Å². The van der Waals surface area contributed by atoms with Crippen LogP contribution in [0.5, 0.6) is 5.75 Å². The molecule has 2 nitrogen and oxygen atoms in total. The molecule has 1 aliphatic rings. The lowest BCUT2D eigenvalue weighted by Crippen LogP contribution is -2.33. The second-order valence-electron chi connectivity index (χ2n) is 7.40. The van der Waals surface area contributed by atoms with E-state index in [1.54, 1.807) is 7.11 Å². The highest BCUT2D eigenvalue weighted by Crippen LogP contribution is 2.38. The van der Waals surface area contributed by atoms with Crippen molar-refractivity contribution in [3.05, 3.63) is 101 Å². The number of methoxy groups -OCH3 is 1. The van der Waals surface area contributed by atoms with Gasteiger partial charge in [-0.2, -0.15) is 0 Å². The maximum absolute atomic E-state index is 5.45. The predicted octanol–water partition coefficient (Wildman–Crippen LogP) is 5.33. The number of fused-ring (bicyclic) bond motifs is 1. The summed E-state index contributed by atoms with van der Waals surface area (Å²) in [4.78, 5) is 0. The van der Waals surface area contributed by atoms with Crippen LogP contribution in [0.4, 0.5) is 0 Å². The summed E-state index contributed by atoms with van der Waals surface area (Å²) in [6, 6.07) is 28.5. The summed E-state index contributed by atoms with van der Waals surface area (Å²) < 4.78 is 5.45. The number of benzene rings is 3. The van der Waals surface area contributed by atoms with Gasteiger partial charge in [-0.1, -0.05) is 66.7 Å². The minimum absolute atomic E-state index is 0.361. The highest BCUT2D eigenvalue weighted by Gasteiger charge is 2.29. The second kappa shape index (κ2) is 8.41. The molecule has 0 bridgehead atoms. The molecule has 1 N–H and O–H groups in total. The van der Waals surface area contributed by atoms with Gasteiger partial charge in [-0.3, -0.25) is 0 Å². The Morgan fingerprint density at radius 2 is 1.59 bits per heavy atom. The lowest BCUT2D eigenvalue weighted by molar-refractivity contribution is 0.315. The quantitative estimate of drug-likeness (QED) is 0.644. The van der Waals surface area contributed by atoms with Crippen LogP contribution >= 0.6 is 0 Å². The topological polar surface area (TPSA) is 21.3 Å². The van der Waals surface area contributed by atoms with Gasteiger partial charge in [0.1, 0.15) is 5.75 Å². The molecule has 3 aromatic rings. The summed E-state index contributed by atoms with van der Waals surface area (Å²) in [6.07, 6.45) is 3.42. The summed E-state index contributed by atoms with van der Waals surface area (Å²) in [5.41, 5.74) is 5.60. The molecule has 0 aromatic heterocycles. The Morgan fingerprint density at radius 1 is 0.889 bits per heavy atom. The Balaban J connectivity index is 1.59. The van der Waals surface area contributed by atoms with E-state index in [4.69, 9.17) is 4.74 Å². The lowest BCUT2D eigenvalue weighted by atomic mass is 9.76. The van der Waals surface area contributed by atoms with Gasteiger partial charge in [0.15, 0.2) is 0 Å². The van der Waals surface area contributed by atoms with E-state index in [1.807, 2.05) is 0 Å². The van der Waals surface area contributed by atoms with Crippen molar-refractivity contribution >= 4 is 0 Å². The van der Waals surface area contributed by atoms with Crippen molar-refractivity contribution in [3.63, 3.8) is 0 Å². The molecule has 0 spiro atoms. The third kappa shape index (κ3) is 4.23. The molecular formula is C25H27NO. The highest BCUT2D eigenvalue weighted by molar-refractivity contribution is 5.40. The average Bonchev–Trinajstić information content (AvgIpc) is 2.74. The monoisotopic (exact) mass is 357 g/mol. The lowest BCUT2D eigenvalue weighted by Gasteiger charge is -2.35. The molecule has 0 aliphatic heterocycles. The van der Waals surface area contributed by atoms with E-state index in [-0.39, 0.29) is 0 Å². The molecule has 0 heterocycles. The zero-order chi connectivity index (χ0) is 18.5. The van der Waals surface area contributed by atoms with Crippen LogP contribution in [0.15, 0.2) is 78.9 Å². The van der Waals surface area contributed by atoms with Crippen molar-refractivity contribution in [2.45, 2.75) is 31.8 Å². The first-order chi connectivity index (χ1) is 13.3. The molecular weight excluding hydrogens is 330 g/mol. The molecule has 0 fully saturated rings. The van der Waals surface area contributed by atoms with Crippen LogP contribution in [-0.4, -0.2) is 7.11 Å². The normalized spacial score (nSPS) is 18.7. The number of hydrogen-bond acceptors (Lipinski definition) is 2. The van der Waals surface area contributed by atoms with Crippen LogP contribution < -0.4 is 10.1 Å². The van der Waals surface area contributed by atoms with Crippen molar-refractivity contribution in [3.8, 4) is 5.75 Å². The van der Waals surface area contributed by atoms with Gasteiger partial charge < -0.3 is 10.1 Å². The van der Waals surface area contributed by atoms with E-state index >= 15 is 0 Å². The molecule has 2 atom stereocenters. The number of nitrogens with one attached hydrogen (secondary N) is 1. The van der Waals surface area contributed by atoms with E-state index < -0.39 is 0 Å². The molecule has 0 saturated heterocycles. The Bertz CT molecular complexity index is 860. The zero-order valence-corrected chi connectivity index (χ0v) is 15.9. The van der Waals surface area contributed by atoms with Gasteiger partial charge in [0, 0.05) is 12.6 Å². The standard InChI is InChI=1S/C25H27NO/c1-27-23-14-15-24-21(17-23)12-13-22(16-19-8-4-2-5-9-19)25(24)26-18-20-10-6-3-7-11-20/h2-11,14-15,17,22,25-26H,12-13,16,18H2,1H3. The van der Waals surface area contributed by atoms with Crippen LogP contribution in [0.3, 0.4) is 0 Å². The summed E-state index contributed by atoms with van der Waals surface area (Å²) in [5, 5.41) is 3.86. The largest absolute Gasteiger partial charge is 0.497 e. The Hall–Kier alpha value is -2.58. The molecule has 138 valence electrons. The SMILES string of the molecule is COc1ccc2c(c1)CCC(Cc1ccccc1)C2NCc1ccccc1. The van der Waals surface area contributed by atoms with Gasteiger partial charge in [0.05, 0.1) is 7.11 Å². The fourth-order valence-corrected chi connectivity index (χ4v) is 4.23. The third-order valence-electron chi connectivity index (χ3n) is 5.65. The molecule has 4 rings (SSSR count). The average molecular weight is 357 g/mol. The van der Waals surface area contributed by atoms with Crippen LogP contribution in [0.2, 0.25) is 0 Å². The van der Waals surface area contributed by atoms with Crippen molar-refractivity contribution < 1.29 is 4.74 Å². The van der Waals surface area contributed by atoms with Gasteiger partial charge >= 0.3 is 0 Å². The third-order valence-corrected chi connectivity index (χ3v) is 5.65. The summed E-state index contributed by atoms with van der Waals surface area (Å²) >= 11 is 0. The highest BCUT2D eigenvalue weighted by atomic mass is 16.5. The van der Waals surface area contributed by atoms with E-state index in [0.29, 0.717) is 12.0 Å². The fourth-order valence-electron chi connectivity index (χ4n) is 4.23. The first-order valence-electron chi connectivity index (χ1n) is 9.81. The maximum Gasteiger partial charge on any atom is 0.119 e. The zero-order valence-electron chi connectivity index (χ0n) is 15.9. The molecule has 0 amide bonds. The number of hydrogen-bond donors (Lipinski definition) is 1. The number of aryl methyl sites for hydroxylation is 1. The van der Waals surface area contributed by atoms with Gasteiger partial charge in [-0.15, -0.1) is 0 Å². The minimum Gasteiger partial charge on any atom is -0.497 e. The van der Waals surface area contributed by atoms with Crippen LogP contribution in [-0.2, 0) is 19.4 Å². The minimum atomic E-state index is 0.361. The first kappa shape index (κ1) is 17.8. The molecule has 27 heavy (non-hydrogen) atoms. The van der Waals surface area contributed by atoms with E-state index in [9.17, 15) is 0 Å². The summed E-state index contributed by atoms with van der Waals surface area (Å²) in [7, 11) is 1.74. The number of ether oxygens (including phenoxy) is 1. The molecule has 2 unspecified atom stereocenters. The van der Waals surface area contributed by atoms with E-state index in [2.05, 4.69) is 84.2 Å². The second-order valence-corrected chi connectivity index (χ2v) is 7.40. The first-order valence-corrected chi connectivity index (χ1v) is 9.81. The van der Waals surface area contributed by atoms with Gasteiger partial charge in [-0.25, -0.2) is 0 Å². The molecule has 0 saturated carbocycles. The van der Waals surface area contributed by atoms with Gasteiger partial charge in [-0.05, 0) is 59.6 Å². The summed E-state index contributed by atoms with van der Waals surface area (Å²) in [5.74, 6) is 1.55. The van der Waals surface area contributed by atoms with Gasteiger partial charge in [0.2, 0.25) is 0 Å². The fraction of sp³-hybridized carbons (Fsp3) is 0.280. The van der Waals surface area contributed by atoms with Crippen molar-refractivity contribution in [2.24, 2.45) is 5.92 Å². The smallest absolute Gasteiger partial charge is 0.119 e. The van der Waals surface area contributed by atoms with Crippen molar-refractivity contribution in [1.82, 2.24) is 5.32 Å². The van der Waals surface area contributed by atoms with Crippen LogP contribution in [0.1, 0.15) is 34.7 Å². The Morgan fingerprint density at radius 3 is 2.30 bits per heavy atom. The van der Waals surface area contributed by atoms with E-state index in [0.717, 1.165) is 25.1 Å². The Kier molecular flexibility index (Phi) is 5.55. The van der Waals surface area contributed by atoms with Crippen LogP contribution in [0.25, 0.3) is 0 Å². The molecule has 1 aliphatic carbocycles. The molecule has 0 radical (unpaired) electrons. The molecule has 3 aromatic carbocycles. The van der Waals surface area contributed by atoms with Gasteiger partial charge in [0.25, 0.3) is 0 Å².